The summed E-state index contributed by atoms with van der Waals surface area (Å²) in [6.45, 7) is 10.5. The number of piperidine rings is 1. The molecule has 1 aliphatic heterocycles. The first kappa shape index (κ1) is 20.4. The van der Waals surface area contributed by atoms with Crippen LogP contribution in [0.5, 0.6) is 0 Å². The smallest absolute Gasteiger partial charge is 0.225 e. The fourth-order valence-corrected chi connectivity index (χ4v) is 3.59. The largest absolute Gasteiger partial charge is 0.341 e. The maximum atomic E-state index is 12.4. The molecule has 0 bridgehead atoms. The number of nitrogens with zero attached hydrogens (tertiary/aromatic N) is 4. The lowest BCUT2D eigenvalue weighted by Crippen LogP contribution is -2.35. The van der Waals surface area contributed by atoms with E-state index in [1.165, 1.54) is 11.1 Å². The topological polar surface area (TPSA) is 59.0 Å². The van der Waals surface area contributed by atoms with Crippen LogP contribution >= 0.6 is 0 Å². The Bertz CT molecular complexity index is 760. The minimum absolute atomic E-state index is 0.158. The van der Waals surface area contributed by atoms with E-state index in [1.54, 1.807) is 0 Å². The van der Waals surface area contributed by atoms with Crippen molar-refractivity contribution in [3.05, 3.63) is 47.5 Å². The molecule has 1 saturated heterocycles. The summed E-state index contributed by atoms with van der Waals surface area (Å²) in [6.07, 6.45) is 9.40. The van der Waals surface area contributed by atoms with Gasteiger partial charge in [0.15, 0.2) is 5.78 Å². The lowest BCUT2D eigenvalue weighted by Gasteiger charge is -2.32. The van der Waals surface area contributed by atoms with Crippen LogP contribution in [0.3, 0.4) is 0 Å². The number of pyridine rings is 1. The van der Waals surface area contributed by atoms with Crippen LogP contribution in [0.15, 0.2) is 30.7 Å². The number of ketones is 1. The Hall–Kier alpha value is -2.30. The fraction of sp³-hybridized carbons (Fsp3) is 0.565. The van der Waals surface area contributed by atoms with E-state index >= 15 is 0 Å². The normalized spacial score (nSPS) is 15.4. The van der Waals surface area contributed by atoms with Gasteiger partial charge in [0.05, 0.1) is 0 Å². The van der Waals surface area contributed by atoms with Crippen molar-refractivity contribution >= 4 is 11.7 Å². The van der Waals surface area contributed by atoms with Gasteiger partial charge in [-0.3, -0.25) is 9.78 Å². The second-order valence-corrected chi connectivity index (χ2v) is 8.49. The quantitative estimate of drug-likeness (QED) is 0.633. The molecule has 3 heterocycles. The van der Waals surface area contributed by atoms with Gasteiger partial charge in [-0.15, -0.1) is 0 Å². The Kier molecular flexibility index (Phi) is 6.76. The molecule has 0 N–H and O–H groups in total. The summed E-state index contributed by atoms with van der Waals surface area (Å²) in [5, 5.41) is 0. The zero-order chi connectivity index (χ0) is 20.1. The van der Waals surface area contributed by atoms with Crippen molar-refractivity contribution in [3.8, 4) is 0 Å². The highest BCUT2D eigenvalue weighted by atomic mass is 16.1. The molecule has 150 valence electrons. The monoisotopic (exact) mass is 380 g/mol. The molecule has 0 saturated carbocycles. The summed E-state index contributed by atoms with van der Waals surface area (Å²) in [5.41, 5.74) is 2.94. The van der Waals surface area contributed by atoms with Crippen molar-refractivity contribution in [2.24, 2.45) is 5.92 Å². The van der Waals surface area contributed by atoms with Crippen LogP contribution in [0.25, 0.3) is 0 Å². The third-order valence-electron chi connectivity index (χ3n) is 5.74. The van der Waals surface area contributed by atoms with Crippen LogP contribution in [0, 0.1) is 5.92 Å². The molecule has 1 aliphatic rings. The molecule has 0 spiro atoms. The van der Waals surface area contributed by atoms with Crippen molar-refractivity contribution < 1.29 is 4.79 Å². The zero-order valence-electron chi connectivity index (χ0n) is 17.6. The Balaban J connectivity index is 1.45. The predicted octanol–water partition coefficient (Wildman–Crippen LogP) is 5.00. The Morgan fingerprint density at radius 3 is 2.11 bits per heavy atom. The first-order valence-electron chi connectivity index (χ1n) is 10.5. The molecule has 2 aromatic heterocycles. The molecule has 0 amide bonds. The van der Waals surface area contributed by atoms with Gasteiger partial charge in [-0.2, -0.15) is 0 Å². The van der Waals surface area contributed by atoms with Gasteiger partial charge in [0.2, 0.25) is 5.95 Å². The molecule has 3 rings (SSSR count). The maximum Gasteiger partial charge on any atom is 0.225 e. The maximum absolute atomic E-state index is 12.4. The molecule has 2 aromatic rings. The number of carbonyl (C=O) groups excluding carboxylic acids is 1. The standard InChI is InChI=1S/C23H32N4O/c1-16(2)19-6-7-21(24-13-19)22(28)8-5-18-9-11-27(12-10-18)23-25-14-20(15-26-23)17(3)4/h6-7,13-18H,5,8-12H2,1-4H3. The van der Waals surface area contributed by atoms with E-state index in [9.17, 15) is 4.79 Å². The van der Waals surface area contributed by atoms with E-state index in [2.05, 4.69) is 47.5 Å². The highest BCUT2D eigenvalue weighted by molar-refractivity contribution is 5.94. The lowest BCUT2D eigenvalue weighted by atomic mass is 9.91. The van der Waals surface area contributed by atoms with Gasteiger partial charge in [-0.25, -0.2) is 9.97 Å². The lowest BCUT2D eigenvalue weighted by molar-refractivity contribution is 0.0966. The average Bonchev–Trinajstić information content (AvgIpc) is 2.72. The average molecular weight is 381 g/mol. The summed E-state index contributed by atoms with van der Waals surface area (Å²) >= 11 is 0. The minimum Gasteiger partial charge on any atom is -0.341 e. The van der Waals surface area contributed by atoms with E-state index in [1.807, 2.05) is 30.7 Å². The van der Waals surface area contributed by atoms with Crippen LogP contribution in [0.1, 0.15) is 86.8 Å². The van der Waals surface area contributed by atoms with Crippen molar-refractivity contribution in [1.82, 2.24) is 15.0 Å². The number of carbonyl (C=O) groups is 1. The molecule has 5 nitrogen and oxygen atoms in total. The molecule has 0 unspecified atom stereocenters. The Morgan fingerprint density at radius 2 is 1.57 bits per heavy atom. The van der Waals surface area contributed by atoms with Crippen molar-refractivity contribution in [2.75, 3.05) is 18.0 Å². The molecule has 5 heteroatoms. The van der Waals surface area contributed by atoms with Gasteiger partial charge in [-0.1, -0.05) is 33.8 Å². The number of rotatable bonds is 7. The van der Waals surface area contributed by atoms with Gasteiger partial charge in [-0.05, 0) is 54.2 Å². The summed E-state index contributed by atoms with van der Waals surface area (Å²) in [4.78, 5) is 28.1. The van der Waals surface area contributed by atoms with Crippen molar-refractivity contribution in [1.29, 1.82) is 0 Å². The summed E-state index contributed by atoms with van der Waals surface area (Å²) in [6, 6.07) is 3.90. The summed E-state index contributed by atoms with van der Waals surface area (Å²) in [7, 11) is 0. The van der Waals surface area contributed by atoms with Crippen molar-refractivity contribution in [3.63, 3.8) is 0 Å². The van der Waals surface area contributed by atoms with E-state index in [0.29, 0.717) is 29.9 Å². The molecule has 0 aromatic carbocycles. The van der Waals surface area contributed by atoms with Crippen molar-refractivity contribution in [2.45, 2.75) is 65.2 Å². The van der Waals surface area contributed by atoms with Gasteiger partial charge >= 0.3 is 0 Å². The van der Waals surface area contributed by atoms with Gasteiger partial charge in [0, 0.05) is 38.1 Å². The van der Waals surface area contributed by atoms with Crippen LogP contribution in [-0.4, -0.2) is 33.8 Å². The number of hydrogen-bond donors (Lipinski definition) is 0. The highest BCUT2D eigenvalue weighted by Gasteiger charge is 2.22. The van der Waals surface area contributed by atoms with Gasteiger partial charge < -0.3 is 4.90 Å². The van der Waals surface area contributed by atoms with E-state index < -0.39 is 0 Å². The molecule has 28 heavy (non-hydrogen) atoms. The Morgan fingerprint density at radius 1 is 0.964 bits per heavy atom. The SMILES string of the molecule is CC(C)c1ccc(C(=O)CCC2CCN(c3ncc(C(C)C)cn3)CC2)nc1. The first-order valence-corrected chi connectivity index (χ1v) is 10.5. The molecule has 1 fully saturated rings. The van der Waals surface area contributed by atoms with E-state index in [4.69, 9.17) is 0 Å². The van der Waals surface area contributed by atoms with Gasteiger partial charge in [0.1, 0.15) is 5.69 Å². The number of hydrogen-bond acceptors (Lipinski definition) is 5. The third kappa shape index (κ3) is 5.15. The van der Waals surface area contributed by atoms with Gasteiger partial charge in [0.25, 0.3) is 0 Å². The first-order chi connectivity index (χ1) is 13.4. The molecular weight excluding hydrogens is 348 g/mol. The molecule has 0 radical (unpaired) electrons. The van der Waals surface area contributed by atoms with Crippen LogP contribution < -0.4 is 4.90 Å². The second kappa shape index (κ2) is 9.26. The highest BCUT2D eigenvalue weighted by Crippen LogP contribution is 2.25. The van der Waals surface area contributed by atoms with Crippen LogP contribution in [-0.2, 0) is 0 Å². The fourth-order valence-electron chi connectivity index (χ4n) is 3.59. The number of Topliss-reactive ketones (excluding diaryl/α,β-unsaturated/α-hetero) is 1. The van der Waals surface area contributed by atoms with Crippen LogP contribution in [0.4, 0.5) is 5.95 Å². The summed E-state index contributed by atoms with van der Waals surface area (Å²) < 4.78 is 0. The molecule has 0 aliphatic carbocycles. The van der Waals surface area contributed by atoms with E-state index in [-0.39, 0.29) is 5.78 Å². The molecule has 0 atom stereocenters. The summed E-state index contributed by atoms with van der Waals surface area (Å²) in [5.74, 6) is 2.46. The zero-order valence-corrected chi connectivity index (χ0v) is 17.6. The third-order valence-corrected chi connectivity index (χ3v) is 5.74. The number of aromatic nitrogens is 3. The molecular formula is C23H32N4O. The second-order valence-electron chi connectivity index (χ2n) is 8.49. The van der Waals surface area contributed by atoms with E-state index in [0.717, 1.165) is 38.3 Å². The minimum atomic E-state index is 0.158. The number of anilines is 1. The predicted molar refractivity (Wildman–Crippen MR) is 113 cm³/mol. The van der Waals surface area contributed by atoms with Crippen LogP contribution in [0.2, 0.25) is 0 Å². The Labute approximate surface area is 168 Å².